The molecule has 3 aromatic carbocycles. The molecular weight excluding hydrogens is 590 g/mol. The van der Waals surface area contributed by atoms with Crippen LogP contribution in [0.5, 0.6) is 0 Å². The molecule has 5 N–H and O–H groups in total. The fourth-order valence-electron chi connectivity index (χ4n) is 5.49. The van der Waals surface area contributed by atoms with E-state index in [1.54, 1.807) is 49.1 Å². The molecule has 1 amide bonds. The molecule has 12 heteroatoms. The van der Waals surface area contributed by atoms with Crippen LogP contribution in [0.1, 0.15) is 21.6 Å². The number of hydrogen-bond acceptors (Lipinski definition) is 8. The molecule has 1 fully saturated rings. The summed E-state index contributed by atoms with van der Waals surface area (Å²) < 4.78 is 23.0. The molecule has 0 atom stereocenters. The number of nitrogens with two attached hydrogens (primary N) is 1. The maximum atomic E-state index is 13.2. The number of carbonyl (C=O) groups is 1. The predicted molar refractivity (Wildman–Crippen MR) is 179 cm³/mol. The molecule has 6 rings (SSSR count). The van der Waals surface area contributed by atoms with E-state index in [0.29, 0.717) is 59.6 Å². The molecule has 1 aliphatic heterocycles. The van der Waals surface area contributed by atoms with Crippen LogP contribution in [0.15, 0.2) is 89.9 Å². The molecule has 1 saturated heterocycles. The summed E-state index contributed by atoms with van der Waals surface area (Å²) in [7, 11) is -0.688. The highest BCUT2D eigenvalue weighted by atomic mass is 32.3. The van der Waals surface area contributed by atoms with Crippen molar-refractivity contribution >= 4 is 28.0 Å². The second-order valence-electron chi connectivity index (χ2n) is 11.1. The van der Waals surface area contributed by atoms with Crippen LogP contribution < -0.4 is 16.6 Å². The van der Waals surface area contributed by atoms with Crippen molar-refractivity contribution in [3.8, 4) is 28.2 Å². The first-order chi connectivity index (χ1) is 21.6. The Morgan fingerprint density at radius 3 is 2.40 bits per heavy atom. The van der Waals surface area contributed by atoms with E-state index in [-0.39, 0.29) is 11.4 Å². The van der Waals surface area contributed by atoms with Gasteiger partial charge in [-0.05, 0) is 42.8 Å². The fraction of sp³-hybridized carbons (Fsp3) is 0.212. The SMILES string of the molecule is Cc1c(C(=O)Nc2ccc(-c3nc(-c4cccc(CN5CCS(O)(O)CC5)c4)cnc3N)cc2)c(=O)n(-c2ccccc2)n1C. The lowest BCUT2D eigenvalue weighted by atomic mass is 10.1. The molecule has 232 valence electrons. The number of amides is 1. The Kier molecular flexibility index (Phi) is 8.30. The zero-order chi connectivity index (χ0) is 31.7. The second-order valence-corrected chi connectivity index (χ2v) is 13.6. The monoisotopic (exact) mass is 625 g/mol. The first-order valence-electron chi connectivity index (χ1n) is 14.5. The van der Waals surface area contributed by atoms with Gasteiger partial charge in [0.2, 0.25) is 0 Å². The van der Waals surface area contributed by atoms with Crippen LogP contribution in [0.3, 0.4) is 0 Å². The molecule has 0 radical (unpaired) electrons. The summed E-state index contributed by atoms with van der Waals surface area (Å²) in [5, 5.41) is 2.84. The van der Waals surface area contributed by atoms with Crippen molar-refractivity contribution < 1.29 is 13.9 Å². The number of nitrogens with one attached hydrogen (secondary N) is 1. The van der Waals surface area contributed by atoms with E-state index < -0.39 is 22.1 Å². The third kappa shape index (κ3) is 6.40. The first-order valence-corrected chi connectivity index (χ1v) is 16.4. The smallest absolute Gasteiger partial charge is 0.284 e. The highest BCUT2D eigenvalue weighted by Crippen LogP contribution is 2.40. The number of nitrogen functional groups attached to an aromatic ring is 1. The largest absolute Gasteiger partial charge is 0.382 e. The Labute approximate surface area is 262 Å². The first kappa shape index (κ1) is 30.3. The lowest BCUT2D eigenvalue weighted by Gasteiger charge is -2.41. The minimum atomic E-state index is -2.44. The Morgan fingerprint density at radius 2 is 1.69 bits per heavy atom. The van der Waals surface area contributed by atoms with Gasteiger partial charge in [0.05, 0.1) is 34.8 Å². The van der Waals surface area contributed by atoms with Crippen molar-refractivity contribution in [2.45, 2.75) is 13.5 Å². The van der Waals surface area contributed by atoms with Gasteiger partial charge in [-0.3, -0.25) is 28.3 Å². The van der Waals surface area contributed by atoms with Crippen LogP contribution in [0.2, 0.25) is 0 Å². The molecule has 0 aliphatic carbocycles. The van der Waals surface area contributed by atoms with Crippen molar-refractivity contribution in [1.82, 2.24) is 24.2 Å². The van der Waals surface area contributed by atoms with Crippen LogP contribution in [0, 0.1) is 6.92 Å². The van der Waals surface area contributed by atoms with Gasteiger partial charge in [-0.25, -0.2) is 14.6 Å². The molecule has 1 aliphatic rings. The molecule has 2 aromatic heterocycles. The minimum Gasteiger partial charge on any atom is -0.382 e. The molecule has 0 saturated carbocycles. The quantitative estimate of drug-likeness (QED) is 0.197. The topological polar surface area (TPSA) is 152 Å². The highest BCUT2D eigenvalue weighted by molar-refractivity contribution is 8.24. The van der Waals surface area contributed by atoms with E-state index in [0.717, 1.165) is 16.7 Å². The molecule has 3 heterocycles. The Morgan fingerprint density at radius 1 is 0.978 bits per heavy atom. The van der Waals surface area contributed by atoms with Crippen LogP contribution in [-0.4, -0.2) is 63.8 Å². The number of benzene rings is 3. The standard InChI is InChI=1S/C33H35N7O4S/c1-22-29(33(42)40(38(22)2)27-9-4-3-5-10-27)32(41)36-26-13-11-24(12-14-26)30-31(34)35-20-28(37-30)25-8-6-7-23(19-25)21-39-15-17-45(43,44)18-16-39/h3-14,19-20,43-44H,15-18,21H2,1-2H3,(H2,34,35)(H,36,41). The van der Waals surface area contributed by atoms with Crippen molar-refractivity contribution in [3.63, 3.8) is 0 Å². The van der Waals surface area contributed by atoms with Gasteiger partial charge in [-0.15, -0.1) is 0 Å². The molecular formula is C33H35N7O4S. The second kappa shape index (κ2) is 12.3. The van der Waals surface area contributed by atoms with Crippen LogP contribution in [0.4, 0.5) is 11.5 Å². The summed E-state index contributed by atoms with van der Waals surface area (Å²) in [5.41, 5.74) is 11.6. The number of carbonyl (C=O) groups excluding carboxylic acids is 1. The van der Waals surface area contributed by atoms with Crippen LogP contribution in [-0.2, 0) is 13.6 Å². The molecule has 0 bridgehead atoms. The van der Waals surface area contributed by atoms with Crippen LogP contribution >= 0.6 is 10.6 Å². The predicted octanol–water partition coefficient (Wildman–Crippen LogP) is 5.01. The zero-order valence-electron chi connectivity index (χ0n) is 25.1. The summed E-state index contributed by atoms with van der Waals surface area (Å²) in [6.45, 7) is 3.74. The van der Waals surface area contributed by atoms with E-state index in [2.05, 4.69) is 21.3 Å². The third-order valence-corrected chi connectivity index (χ3v) is 9.77. The summed E-state index contributed by atoms with van der Waals surface area (Å²) in [5.74, 6) is 0.596. The average Bonchev–Trinajstić information content (AvgIpc) is 3.26. The van der Waals surface area contributed by atoms with Gasteiger partial charge in [-0.2, -0.15) is 10.6 Å². The number of anilines is 2. The van der Waals surface area contributed by atoms with Gasteiger partial charge in [0, 0.05) is 43.5 Å². The number of hydrogen-bond donors (Lipinski definition) is 4. The summed E-state index contributed by atoms with van der Waals surface area (Å²) in [6.07, 6.45) is 1.65. The summed E-state index contributed by atoms with van der Waals surface area (Å²) >= 11 is 0. The number of para-hydroxylation sites is 1. The van der Waals surface area contributed by atoms with E-state index in [1.165, 1.54) is 4.68 Å². The number of nitrogens with zero attached hydrogens (tertiary/aromatic N) is 5. The van der Waals surface area contributed by atoms with Gasteiger partial charge < -0.3 is 11.1 Å². The van der Waals surface area contributed by atoms with Gasteiger partial charge in [-0.1, -0.05) is 48.5 Å². The maximum absolute atomic E-state index is 13.2. The Hall–Kier alpha value is -4.75. The highest BCUT2D eigenvalue weighted by Gasteiger charge is 2.23. The third-order valence-electron chi connectivity index (χ3n) is 8.10. The minimum absolute atomic E-state index is 0.0757. The summed E-state index contributed by atoms with van der Waals surface area (Å²) in [4.78, 5) is 37.9. The Balaban J connectivity index is 1.19. The maximum Gasteiger partial charge on any atom is 0.284 e. The van der Waals surface area contributed by atoms with Gasteiger partial charge >= 0.3 is 0 Å². The lowest BCUT2D eigenvalue weighted by molar-refractivity contribution is 0.102. The molecule has 0 spiro atoms. The van der Waals surface area contributed by atoms with Gasteiger partial charge in [0.25, 0.3) is 11.5 Å². The van der Waals surface area contributed by atoms with Crippen molar-refractivity contribution in [3.05, 3.63) is 112 Å². The molecule has 11 nitrogen and oxygen atoms in total. The fourth-order valence-corrected chi connectivity index (χ4v) is 6.80. The van der Waals surface area contributed by atoms with Gasteiger partial charge in [0.15, 0.2) is 0 Å². The molecule has 0 unspecified atom stereocenters. The van der Waals surface area contributed by atoms with Crippen molar-refractivity contribution in [2.24, 2.45) is 7.05 Å². The normalized spacial score (nSPS) is 15.5. The van der Waals surface area contributed by atoms with E-state index >= 15 is 0 Å². The molecule has 5 aromatic rings. The van der Waals surface area contributed by atoms with Gasteiger partial charge in [0.1, 0.15) is 17.1 Å². The van der Waals surface area contributed by atoms with E-state index in [9.17, 15) is 18.7 Å². The van der Waals surface area contributed by atoms with E-state index in [1.807, 2.05) is 48.5 Å². The lowest BCUT2D eigenvalue weighted by Crippen LogP contribution is -2.37. The number of aromatic nitrogens is 4. The van der Waals surface area contributed by atoms with E-state index in [4.69, 9.17) is 10.7 Å². The molecule has 45 heavy (non-hydrogen) atoms. The number of rotatable bonds is 7. The van der Waals surface area contributed by atoms with Crippen molar-refractivity contribution in [2.75, 3.05) is 35.6 Å². The van der Waals surface area contributed by atoms with Crippen LogP contribution in [0.25, 0.3) is 28.2 Å². The Bertz CT molecular complexity index is 1910. The summed E-state index contributed by atoms with van der Waals surface area (Å²) in [6, 6.07) is 24.3. The van der Waals surface area contributed by atoms with Crippen molar-refractivity contribution in [1.29, 1.82) is 0 Å². The average molecular weight is 626 g/mol. The zero-order valence-corrected chi connectivity index (χ0v) is 25.9.